The van der Waals surface area contributed by atoms with Gasteiger partial charge in [-0.05, 0) is 83.5 Å². The van der Waals surface area contributed by atoms with Crippen molar-refractivity contribution < 1.29 is 24.5 Å². The lowest BCUT2D eigenvalue weighted by molar-refractivity contribution is -0.143. The van der Waals surface area contributed by atoms with Gasteiger partial charge in [-0.1, -0.05) is 230 Å². The Morgan fingerprint density at radius 2 is 0.746 bits per heavy atom. The lowest BCUT2D eigenvalue weighted by Crippen LogP contribution is -2.45. The number of esters is 1. The summed E-state index contributed by atoms with van der Waals surface area (Å²) < 4.78 is 5.47. The molecule has 63 heavy (non-hydrogen) atoms. The molecule has 0 bridgehead atoms. The Hall–Kier alpha value is -1.92. The maximum atomic E-state index is 12.4. The van der Waals surface area contributed by atoms with Crippen LogP contribution in [0.3, 0.4) is 0 Å². The fourth-order valence-electron chi connectivity index (χ4n) is 8.33. The Bertz CT molecular complexity index is 1020. The van der Waals surface area contributed by atoms with Gasteiger partial charge in [-0.3, -0.25) is 9.59 Å². The smallest absolute Gasteiger partial charge is 0.305 e. The summed E-state index contributed by atoms with van der Waals surface area (Å²) in [5.74, 6) is -0.0774. The van der Waals surface area contributed by atoms with Crippen molar-refractivity contribution >= 4 is 11.9 Å². The lowest BCUT2D eigenvalue weighted by Gasteiger charge is -2.20. The number of aliphatic hydroxyl groups excluding tert-OH is 2. The zero-order valence-corrected chi connectivity index (χ0v) is 42.1. The third-order valence-corrected chi connectivity index (χ3v) is 12.6. The molecule has 0 aliphatic carbocycles. The molecule has 3 N–H and O–H groups in total. The van der Waals surface area contributed by atoms with Crippen LogP contribution in [0.4, 0.5) is 0 Å². The SMILES string of the molecule is CCCCCCCC/C=C\CCCCCCCC(=O)OCCCCCCCCCCCCC/C=C\CCCCCCCCCC(=O)NC(CO)C(O)/C=C/CCCCCCCCC. The molecule has 370 valence electrons. The van der Waals surface area contributed by atoms with Crippen LogP contribution >= 0.6 is 0 Å². The van der Waals surface area contributed by atoms with E-state index in [1.807, 2.05) is 6.08 Å². The number of hydrogen-bond acceptors (Lipinski definition) is 5. The molecule has 6 heteroatoms. The largest absolute Gasteiger partial charge is 0.466 e. The van der Waals surface area contributed by atoms with Crippen LogP contribution in [0.5, 0.6) is 0 Å². The molecular formula is C57H107NO5. The second-order valence-corrected chi connectivity index (χ2v) is 18.9. The highest BCUT2D eigenvalue weighted by Crippen LogP contribution is 2.15. The van der Waals surface area contributed by atoms with Gasteiger partial charge in [-0.25, -0.2) is 0 Å². The minimum atomic E-state index is -0.846. The number of hydrogen-bond donors (Lipinski definition) is 3. The van der Waals surface area contributed by atoms with Gasteiger partial charge < -0.3 is 20.3 Å². The molecule has 0 aromatic heterocycles. The molecule has 0 aromatic rings. The molecule has 0 radical (unpaired) electrons. The van der Waals surface area contributed by atoms with E-state index in [9.17, 15) is 19.8 Å². The molecular weight excluding hydrogens is 779 g/mol. The molecule has 2 unspecified atom stereocenters. The zero-order valence-electron chi connectivity index (χ0n) is 42.1. The second-order valence-electron chi connectivity index (χ2n) is 18.9. The molecule has 0 spiro atoms. The van der Waals surface area contributed by atoms with E-state index >= 15 is 0 Å². The Morgan fingerprint density at radius 3 is 1.13 bits per heavy atom. The van der Waals surface area contributed by atoms with Crippen LogP contribution in [0.1, 0.15) is 290 Å². The average Bonchev–Trinajstić information content (AvgIpc) is 3.28. The van der Waals surface area contributed by atoms with Crippen LogP contribution in [0.2, 0.25) is 0 Å². The molecule has 0 aliphatic heterocycles. The van der Waals surface area contributed by atoms with E-state index in [2.05, 4.69) is 43.5 Å². The average molecular weight is 886 g/mol. The number of nitrogens with one attached hydrogen (secondary N) is 1. The third kappa shape index (κ3) is 49.4. The highest BCUT2D eigenvalue weighted by atomic mass is 16.5. The Balaban J connectivity index is 3.41. The van der Waals surface area contributed by atoms with E-state index in [0.29, 0.717) is 19.4 Å². The summed E-state index contributed by atoms with van der Waals surface area (Å²) in [5, 5.41) is 22.9. The van der Waals surface area contributed by atoms with Gasteiger partial charge >= 0.3 is 5.97 Å². The van der Waals surface area contributed by atoms with Crippen LogP contribution in [0, 0.1) is 0 Å². The second kappa shape index (κ2) is 52.7. The summed E-state index contributed by atoms with van der Waals surface area (Å²) >= 11 is 0. The molecule has 6 nitrogen and oxygen atoms in total. The monoisotopic (exact) mass is 886 g/mol. The first-order valence-corrected chi connectivity index (χ1v) is 27.8. The van der Waals surface area contributed by atoms with Crippen LogP contribution in [-0.2, 0) is 14.3 Å². The van der Waals surface area contributed by atoms with Crippen molar-refractivity contribution in [1.29, 1.82) is 0 Å². The van der Waals surface area contributed by atoms with Crippen LogP contribution < -0.4 is 5.32 Å². The summed E-state index contributed by atoms with van der Waals surface area (Å²) in [7, 11) is 0. The Morgan fingerprint density at radius 1 is 0.429 bits per heavy atom. The summed E-state index contributed by atoms with van der Waals surface area (Å²) in [4.78, 5) is 24.4. The van der Waals surface area contributed by atoms with Gasteiger partial charge in [0.05, 0.1) is 25.4 Å². The van der Waals surface area contributed by atoms with Gasteiger partial charge in [-0.2, -0.15) is 0 Å². The molecule has 0 rings (SSSR count). The Labute approximate surface area is 392 Å². The number of amides is 1. The van der Waals surface area contributed by atoms with Crippen molar-refractivity contribution in [1.82, 2.24) is 5.32 Å². The summed E-state index contributed by atoms with van der Waals surface area (Å²) in [5.41, 5.74) is 0. The van der Waals surface area contributed by atoms with Crippen LogP contribution in [0.15, 0.2) is 36.5 Å². The van der Waals surface area contributed by atoms with E-state index in [1.54, 1.807) is 6.08 Å². The van der Waals surface area contributed by atoms with E-state index in [-0.39, 0.29) is 18.5 Å². The van der Waals surface area contributed by atoms with Crippen molar-refractivity contribution in [2.45, 2.75) is 302 Å². The molecule has 0 saturated carbocycles. The van der Waals surface area contributed by atoms with Gasteiger partial charge in [0.1, 0.15) is 0 Å². The minimum Gasteiger partial charge on any atom is -0.466 e. The molecule has 0 saturated heterocycles. The Kier molecular flexibility index (Phi) is 51.1. The maximum Gasteiger partial charge on any atom is 0.305 e. The first-order chi connectivity index (χ1) is 31.0. The highest BCUT2D eigenvalue weighted by molar-refractivity contribution is 5.76. The van der Waals surface area contributed by atoms with Gasteiger partial charge in [0.2, 0.25) is 5.91 Å². The summed E-state index contributed by atoms with van der Waals surface area (Å²) in [6, 6.07) is -0.631. The third-order valence-electron chi connectivity index (χ3n) is 12.6. The highest BCUT2D eigenvalue weighted by Gasteiger charge is 2.18. The normalized spacial score (nSPS) is 12.9. The van der Waals surface area contributed by atoms with Crippen molar-refractivity contribution in [2.75, 3.05) is 13.2 Å². The number of carbonyl (C=O) groups is 2. The lowest BCUT2D eigenvalue weighted by atomic mass is 10.0. The predicted molar refractivity (Wildman–Crippen MR) is 273 cm³/mol. The van der Waals surface area contributed by atoms with E-state index in [4.69, 9.17) is 4.74 Å². The molecule has 0 fully saturated rings. The fraction of sp³-hybridized carbons (Fsp3) is 0.860. The van der Waals surface area contributed by atoms with Gasteiger partial charge in [0, 0.05) is 12.8 Å². The molecule has 0 heterocycles. The quantitative estimate of drug-likeness (QED) is 0.0321. The standard InChI is InChI=1S/C57H107NO5/c1-3-5-7-9-11-13-14-15-24-28-31-35-39-43-47-51-57(62)63-52-48-44-40-36-32-29-26-23-21-19-17-16-18-20-22-25-27-30-34-38-42-46-50-56(61)58-54(53-59)55(60)49-45-41-37-33-12-10-8-6-4-2/h15,18,20,24,45,49,54-55,59-60H,3-14,16-17,19,21-23,25-44,46-48,50-53H2,1-2H3,(H,58,61)/b20-18-,24-15-,49-45+. The number of unbranched alkanes of at least 4 members (excludes halogenated alkanes) is 36. The van der Waals surface area contributed by atoms with Gasteiger partial charge in [0.25, 0.3) is 0 Å². The van der Waals surface area contributed by atoms with Crippen LogP contribution in [-0.4, -0.2) is 47.4 Å². The van der Waals surface area contributed by atoms with E-state index < -0.39 is 12.1 Å². The van der Waals surface area contributed by atoms with Crippen molar-refractivity contribution in [2.24, 2.45) is 0 Å². The molecule has 2 atom stereocenters. The topological polar surface area (TPSA) is 95.9 Å². The zero-order chi connectivity index (χ0) is 45.8. The van der Waals surface area contributed by atoms with E-state index in [0.717, 1.165) is 51.4 Å². The number of aliphatic hydroxyl groups is 2. The van der Waals surface area contributed by atoms with Crippen molar-refractivity contribution in [3.05, 3.63) is 36.5 Å². The first-order valence-electron chi connectivity index (χ1n) is 27.8. The first kappa shape index (κ1) is 61.1. The number of allylic oxidation sites excluding steroid dienone is 5. The van der Waals surface area contributed by atoms with Crippen molar-refractivity contribution in [3.63, 3.8) is 0 Å². The minimum absolute atomic E-state index is 0.000827. The van der Waals surface area contributed by atoms with Gasteiger partial charge in [-0.15, -0.1) is 0 Å². The summed E-state index contributed by atoms with van der Waals surface area (Å²) in [6.07, 6.45) is 64.6. The predicted octanol–water partition coefficient (Wildman–Crippen LogP) is 16.9. The van der Waals surface area contributed by atoms with Gasteiger partial charge in [0.15, 0.2) is 0 Å². The fourth-order valence-corrected chi connectivity index (χ4v) is 8.33. The molecule has 0 aliphatic rings. The number of ether oxygens (including phenoxy) is 1. The van der Waals surface area contributed by atoms with Crippen molar-refractivity contribution in [3.8, 4) is 0 Å². The van der Waals surface area contributed by atoms with E-state index in [1.165, 1.54) is 212 Å². The maximum absolute atomic E-state index is 12.4. The van der Waals surface area contributed by atoms with Crippen LogP contribution in [0.25, 0.3) is 0 Å². The molecule has 1 amide bonds. The number of rotatable bonds is 51. The molecule has 0 aromatic carbocycles. The summed E-state index contributed by atoms with van der Waals surface area (Å²) in [6.45, 7) is 4.86. The number of carbonyl (C=O) groups excluding carboxylic acids is 2.